The fourth-order valence-corrected chi connectivity index (χ4v) is 1.58. The van der Waals surface area contributed by atoms with Crippen LogP contribution >= 0.6 is 15.9 Å². The monoisotopic (exact) mass is 354 g/mol. The third kappa shape index (κ3) is 8.19. The molecule has 0 amide bonds. The third-order valence-electron chi connectivity index (χ3n) is 2.50. The summed E-state index contributed by atoms with van der Waals surface area (Å²) < 4.78 is 42.2. The van der Waals surface area contributed by atoms with Gasteiger partial charge in [-0.15, -0.1) is 0 Å². The number of ether oxygens (including phenoxy) is 1. The van der Waals surface area contributed by atoms with Crippen LogP contribution in [-0.2, 0) is 9.53 Å². The first kappa shape index (κ1) is 19.0. The summed E-state index contributed by atoms with van der Waals surface area (Å²) in [4.78, 5) is 11.0. The van der Waals surface area contributed by atoms with Crippen molar-refractivity contribution in [2.24, 2.45) is 5.41 Å². The average molecular weight is 355 g/mol. The van der Waals surface area contributed by atoms with E-state index >= 15 is 0 Å². The molecule has 0 aliphatic rings. The first-order chi connectivity index (χ1) is 8.98. The lowest BCUT2D eigenvalue weighted by Gasteiger charge is -2.22. The van der Waals surface area contributed by atoms with E-state index in [0.717, 1.165) is 0 Å². The maximum atomic E-state index is 12.2. The summed E-state index contributed by atoms with van der Waals surface area (Å²) >= 11 is 3.26. The lowest BCUT2D eigenvalue weighted by atomic mass is 9.83. The number of hydrogen-bond donors (Lipinski definition) is 0. The summed E-state index contributed by atoms with van der Waals surface area (Å²) in [5.74, 6) is -1.24. The van der Waals surface area contributed by atoms with Gasteiger partial charge in [-0.3, -0.25) is 4.79 Å². The first-order valence-electron chi connectivity index (χ1n) is 5.84. The minimum atomic E-state index is -4.77. The molecular weight excluding hydrogens is 337 g/mol. The minimum Gasteiger partial charge on any atom is -0.497 e. The summed E-state index contributed by atoms with van der Waals surface area (Å²) in [6.07, 6.45) is 0.0281. The number of carbonyl (C=O) groups is 1. The number of rotatable bonds is 7. The van der Waals surface area contributed by atoms with Crippen molar-refractivity contribution in [1.82, 2.24) is 0 Å². The minimum absolute atomic E-state index is 0.333. The fourth-order valence-electron chi connectivity index (χ4n) is 1.29. The van der Waals surface area contributed by atoms with E-state index in [2.05, 4.69) is 22.5 Å². The van der Waals surface area contributed by atoms with Crippen LogP contribution in [0.2, 0.25) is 0 Å². The van der Waals surface area contributed by atoms with Gasteiger partial charge >= 0.3 is 6.18 Å². The van der Waals surface area contributed by atoms with Crippen LogP contribution < -0.4 is 0 Å². The van der Waals surface area contributed by atoms with Gasteiger partial charge in [-0.05, 0) is 24.0 Å². The number of allylic oxidation sites excluding steroid dienone is 4. The SMILES string of the molecule is C=C(/C=C\C(Br)=C/CC(C)(C)CC(=O)C(F)(F)F)OC. The Bertz CT molecular complexity index is 421. The Balaban J connectivity index is 4.58. The van der Waals surface area contributed by atoms with E-state index in [1.54, 1.807) is 32.1 Å². The standard InChI is InChI=1S/C14H18BrF3O2/c1-10(20-4)5-6-11(15)7-8-13(2,3)9-12(19)14(16,17)18/h5-7H,1,8-9H2,2-4H3/b6-5-,11-7+. The van der Waals surface area contributed by atoms with E-state index in [1.807, 2.05) is 0 Å². The summed E-state index contributed by atoms with van der Waals surface area (Å²) in [6, 6.07) is 0. The van der Waals surface area contributed by atoms with Crippen molar-refractivity contribution in [2.75, 3.05) is 7.11 Å². The molecule has 2 nitrogen and oxygen atoms in total. The van der Waals surface area contributed by atoms with Gasteiger partial charge in [0.05, 0.1) is 7.11 Å². The number of ketones is 1. The molecule has 114 valence electrons. The van der Waals surface area contributed by atoms with E-state index < -0.39 is 23.8 Å². The van der Waals surface area contributed by atoms with E-state index in [-0.39, 0.29) is 0 Å². The van der Waals surface area contributed by atoms with Crippen molar-refractivity contribution in [3.05, 3.63) is 35.0 Å². The Labute approximate surface area is 125 Å². The Kier molecular flexibility index (Phi) is 7.27. The van der Waals surface area contributed by atoms with E-state index in [0.29, 0.717) is 16.7 Å². The highest BCUT2D eigenvalue weighted by Gasteiger charge is 2.40. The Morgan fingerprint density at radius 2 is 1.85 bits per heavy atom. The summed E-state index contributed by atoms with van der Waals surface area (Å²) in [6.45, 7) is 6.83. The fraction of sp³-hybridized carbons (Fsp3) is 0.500. The molecule has 0 aliphatic carbocycles. The highest BCUT2D eigenvalue weighted by Crippen LogP contribution is 2.31. The second-order valence-electron chi connectivity index (χ2n) is 5.06. The molecule has 0 heterocycles. The number of halogens is 4. The maximum absolute atomic E-state index is 12.2. The van der Waals surface area contributed by atoms with Crippen LogP contribution in [0.5, 0.6) is 0 Å². The van der Waals surface area contributed by atoms with Gasteiger partial charge in [0.2, 0.25) is 5.78 Å². The second kappa shape index (κ2) is 7.67. The summed E-state index contributed by atoms with van der Waals surface area (Å²) in [5, 5.41) is 0. The quantitative estimate of drug-likeness (QED) is 0.479. The maximum Gasteiger partial charge on any atom is 0.449 e. The van der Waals surface area contributed by atoms with E-state index in [4.69, 9.17) is 4.74 Å². The number of alkyl halides is 3. The van der Waals surface area contributed by atoms with Crippen molar-refractivity contribution in [3.8, 4) is 0 Å². The highest BCUT2D eigenvalue weighted by atomic mass is 79.9. The largest absolute Gasteiger partial charge is 0.497 e. The van der Waals surface area contributed by atoms with Gasteiger partial charge in [0, 0.05) is 10.9 Å². The van der Waals surface area contributed by atoms with Gasteiger partial charge in [0.15, 0.2) is 0 Å². The Hall–Kier alpha value is -1.04. The second-order valence-corrected chi connectivity index (χ2v) is 5.97. The lowest BCUT2D eigenvalue weighted by molar-refractivity contribution is -0.173. The molecule has 0 bridgehead atoms. The number of hydrogen-bond acceptors (Lipinski definition) is 2. The summed E-state index contributed by atoms with van der Waals surface area (Å²) in [5.41, 5.74) is -0.766. The Morgan fingerprint density at radius 1 is 1.30 bits per heavy atom. The van der Waals surface area contributed by atoms with Crippen LogP contribution in [0.1, 0.15) is 26.7 Å². The van der Waals surface area contributed by atoms with E-state index in [1.165, 1.54) is 7.11 Å². The van der Waals surface area contributed by atoms with Crippen molar-refractivity contribution >= 4 is 21.7 Å². The van der Waals surface area contributed by atoms with Crippen LogP contribution in [0, 0.1) is 5.41 Å². The predicted molar refractivity (Wildman–Crippen MR) is 76.4 cm³/mol. The molecule has 0 saturated carbocycles. The zero-order valence-corrected chi connectivity index (χ0v) is 13.3. The van der Waals surface area contributed by atoms with Crippen molar-refractivity contribution in [2.45, 2.75) is 32.9 Å². The predicted octanol–water partition coefficient (Wildman–Crippen LogP) is 4.92. The van der Waals surface area contributed by atoms with Gasteiger partial charge in [-0.2, -0.15) is 13.2 Å². The molecule has 6 heteroatoms. The molecular formula is C14H18BrF3O2. The van der Waals surface area contributed by atoms with Crippen LogP contribution in [0.15, 0.2) is 35.0 Å². The highest BCUT2D eigenvalue weighted by molar-refractivity contribution is 9.11. The van der Waals surface area contributed by atoms with Crippen molar-refractivity contribution < 1.29 is 22.7 Å². The van der Waals surface area contributed by atoms with Gasteiger partial charge < -0.3 is 4.74 Å². The van der Waals surface area contributed by atoms with Crippen molar-refractivity contribution in [1.29, 1.82) is 0 Å². The molecule has 0 N–H and O–H groups in total. The van der Waals surface area contributed by atoms with Gasteiger partial charge in [0.1, 0.15) is 5.76 Å². The summed E-state index contributed by atoms with van der Waals surface area (Å²) in [7, 11) is 1.48. The van der Waals surface area contributed by atoms with Crippen LogP contribution in [0.4, 0.5) is 13.2 Å². The molecule has 0 atom stereocenters. The van der Waals surface area contributed by atoms with E-state index in [9.17, 15) is 18.0 Å². The molecule has 20 heavy (non-hydrogen) atoms. The molecule has 0 aromatic heterocycles. The molecule has 0 saturated heterocycles. The van der Waals surface area contributed by atoms with Crippen LogP contribution in [-0.4, -0.2) is 19.1 Å². The van der Waals surface area contributed by atoms with Crippen LogP contribution in [0.3, 0.4) is 0 Å². The lowest BCUT2D eigenvalue weighted by Crippen LogP contribution is -2.28. The Morgan fingerprint density at radius 3 is 2.30 bits per heavy atom. The number of carbonyl (C=O) groups excluding carboxylic acids is 1. The smallest absolute Gasteiger partial charge is 0.449 e. The topological polar surface area (TPSA) is 26.3 Å². The normalized spacial score (nSPS) is 13.7. The average Bonchev–Trinajstić information content (AvgIpc) is 2.31. The van der Waals surface area contributed by atoms with Crippen molar-refractivity contribution in [3.63, 3.8) is 0 Å². The van der Waals surface area contributed by atoms with Gasteiger partial charge in [-0.25, -0.2) is 0 Å². The molecule has 0 aromatic rings. The molecule has 0 unspecified atom stereocenters. The zero-order valence-electron chi connectivity index (χ0n) is 11.7. The molecule has 0 radical (unpaired) electrons. The zero-order chi connectivity index (χ0) is 16.0. The van der Waals surface area contributed by atoms with Crippen LogP contribution in [0.25, 0.3) is 0 Å². The third-order valence-corrected chi connectivity index (χ3v) is 3.08. The molecule has 0 aliphatic heterocycles. The molecule has 0 aromatic carbocycles. The first-order valence-corrected chi connectivity index (χ1v) is 6.64. The number of methoxy groups -OCH3 is 1. The molecule has 0 spiro atoms. The van der Waals surface area contributed by atoms with Gasteiger partial charge in [-0.1, -0.05) is 42.4 Å². The molecule has 0 rings (SSSR count). The molecule has 0 fully saturated rings. The van der Waals surface area contributed by atoms with Gasteiger partial charge in [0.25, 0.3) is 0 Å². The number of Topliss-reactive ketones (excluding diaryl/α,β-unsaturated/α-hetero) is 1.